The minimum Gasteiger partial charge on any atom is -0.378 e. The SMILES string of the molecule is COC1(CN=C2NC(C)(C)CS2)CCOC1. The third-order valence-electron chi connectivity index (χ3n) is 3.03. The summed E-state index contributed by atoms with van der Waals surface area (Å²) in [6.07, 6.45) is 0.939. The molecular weight excluding hydrogens is 224 g/mol. The summed E-state index contributed by atoms with van der Waals surface area (Å²) < 4.78 is 10.9. The molecular formula is C11H20N2O2S. The van der Waals surface area contributed by atoms with E-state index in [0.717, 1.165) is 23.9 Å². The van der Waals surface area contributed by atoms with E-state index in [9.17, 15) is 0 Å². The van der Waals surface area contributed by atoms with E-state index in [4.69, 9.17) is 9.47 Å². The van der Waals surface area contributed by atoms with Gasteiger partial charge in [0.2, 0.25) is 0 Å². The quantitative estimate of drug-likeness (QED) is 0.812. The predicted molar refractivity (Wildman–Crippen MR) is 67.2 cm³/mol. The van der Waals surface area contributed by atoms with Crippen molar-refractivity contribution in [3.63, 3.8) is 0 Å². The molecule has 0 aliphatic carbocycles. The topological polar surface area (TPSA) is 42.8 Å². The molecule has 0 saturated carbocycles. The maximum Gasteiger partial charge on any atom is 0.157 e. The van der Waals surface area contributed by atoms with Crippen LogP contribution in [-0.4, -0.2) is 48.9 Å². The first-order valence-electron chi connectivity index (χ1n) is 5.64. The number of hydrogen-bond donors (Lipinski definition) is 1. The largest absolute Gasteiger partial charge is 0.378 e. The number of nitrogens with zero attached hydrogens (tertiary/aromatic N) is 1. The van der Waals surface area contributed by atoms with Crippen LogP contribution in [-0.2, 0) is 9.47 Å². The molecule has 0 spiro atoms. The molecule has 1 N–H and O–H groups in total. The molecule has 92 valence electrons. The molecule has 2 aliphatic heterocycles. The highest BCUT2D eigenvalue weighted by molar-refractivity contribution is 8.14. The molecule has 2 fully saturated rings. The molecule has 2 heterocycles. The average molecular weight is 244 g/mol. The Morgan fingerprint density at radius 2 is 2.38 bits per heavy atom. The van der Waals surface area contributed by atoms with Gasteiger partial charge in [-0.3, -0.25) is 4.99 Å². The highest BCUT2D eigenvalue weighted by Gasteiger charge is 2.35. The van der Waals surface area contributed by atoms with Gasteiger partial charge in [-0.25, -0.2) is 0 Å². The number of methoxy groups -OCH3 is 1. The predicted octanol–water partition coefficient (Wildman–Crippen LogP) is 1.26. The number of ether oxygens (including phenoxy) is 2. The lowest BCUT2D eigenvalue weighted by Crippen LogP contribution is -2.39. The van der Waals surface area contributed by atoms with Crippen molar-refractivity contribution in [1.29, 1.82) is 0 Å². The van der Waals surface area contributed by atoms with Gasteiger partial charge in [0.15, 0.2) is 5.17 Å². The van der Waals surface area contributed by atoms with Crippen LogP contribution in [0.1, 0.15) is 20.3 Å². The fourth-order valence-electron chi connectivity index (χ4n) is 1.85. The van der Waals surface area contributed by atoms with E-state index in [1.165, 1.54) is 0 Å². The highest BCUT2D eigenvalue weighted by Crippen LogP contribution is 2.26. The summed E-state index contributed by atoms with van der Waals surface area (Å²) in [6, 6.07) is 0. The lowest BCUT2D eigenvalue weighted by Gasteiger charge is -2.23. The fourth-order valence-corrected chi connectivity index (χ4v) is 2.92. The number of nitrogens with one attached hydrogen (secondary N) is 1. The summed E-state index contributed by atoms with van der Waals surface area (Å²) in [5.41, 5.74) is -0.0299. The summed E-state index contributed by atoms with van der Waals surface area (Å²) in [4.78, 5) is 4.61. The molecule has 0 bridgehead atoms. The molecule has 2 rings (SSSR count). The van der Waals surface area contributed by atoms with E-state index in [2.05, 4.69) is 24.2 Å². The fraction of sp³-hybridized carbons (Fsp3) is 0.909. The Balaban J connectivity index is 1.93. The summed E-state index contributed by atoms with van der Waals surface area (Å²) in [5, 5.41) is 4.45. The zero-order chi connectivity index (χ0) is 11.6. The number of hydrogen-bond acceptors (Lipinski definition) is 4. The van der Waals surface area contributed by atoms with Gasteiger partial charge in [0, 0.05) is 31.4 Å². The number of rotatable bonds is 3. The number of amidine groups is 1. The Kier molecular flexibility index (Phi) is 3.47. The van der Waals surface area contributed by atoms with Crippen molar-refractivity contribution in [2.75, 3.05) is 32.6 Å². The van der Waals surface area contributed by atoms with Gasteiger partial charge in [-0.15, -0.1) is 0 Å². The first-order valence-corrected chi connectivity index (χ1v) is 6.62. The second kappa shape index (κ2) is 4.55. The van der Waals surface area contributed by atoms with E-state index in [1.54, 1.807) is 18.9 Å². The van der Waals surface area contributed by atoms with Crippen LogP contribution >= 0.6 is 11.8 Å². The van der Waals surface area contributed by atoms with E-state index in [0.29, 0.717) is 13.2 Å². The lowest BCUT2D eigenvalue weighted by molar-refractivity contribution is -0.00899. The van der Waals surface area contributed by atoms with Crippen LogP contribution in [0.3, 0.4) is 0 Å². The van der Waals surface area contributed by atoms with Crippen molar-refractivity contribution >= 4 is 16.9 Å². The van der Waals surface area contributed by atoms with Crippen molar-refractivity contribution in [1.82, 2.24) is 5.32 Å². The Hall–Kier alpha value is -0.260. The van der Waals surface area contributed by atoms with Gasteiger partial charge in [-0.1, -0.05) is 11.8 Å². The van der Waals surface area contributed by atoms with E-state index < -0.39 is 0 Å². The molecule has 1 atom stereocenters. The minimum atomic E-state index is -0.192. The third-order valence-corrected chi connectivity index (χ3v) is 4.40. The first kappa shape index (κ1) is 12.2. The molecule has 2 saturated heterocycles. The molecule has 16 heavy (non-hydrogen) atoms. The first-order chi connectivity index (χ1) is 7.55. The monoisotopic (exact) mass is 244 g/mol. The van der Waals surface area contributed by atoms with Gasteiger partial charge in [0.1, 0.15) is 5.60 Å². The lowest BCUT2D eigenvalue weighted by atomic mass is 10.0. The Morgan fingerprint density at radius 3 is 2.88 bits per heavy atom. The summed E-state index contributed by atoms with van der Waals surface area (Å²) in [6.45, 7) is 6.51. The van der Waals surface area contributed by atoms with Gasteiger partial charge in [-0.2, -0.15) is 0 Å². The maximum atomic E-state index is 5.54. The zero-order valence-electron chi connectivity index (χ0n) is 10.2. The molecule has 0 aromatic rings. The molecule has 0 amide bonds. The standard InChI is InChI=1S/C11H20N2O2S/c1-10(2)8-16-9(13-10)12-6-11(14-3)4-5-15-7-11/h4-8H2,1-3H3,(H,12,13). The molecule has 1 unspecified atom stereocenters. The Morgan fingerprint density at radius 1 is 1.56 bits per heavy atom. The van der Waals surface area contributed by atoms with Gasteiger partial charge < -0.3 is 14.8 Å². The van der Waals surface area contributed by atoms with Crippen molar-refractivity contribution in [3.05, 3.63) is 0 Å². The maximum absolute atomic E-state index is 5.54. The van der Waals surface area contributed by atoms with Crippen LogP contribution in [0.15, 0.2) is 4.99 Å². The van der Waals surface area contributed by atoms with E-state index in [1.807, 2.05) is 0 Å². The van der Waals surface area contributed by atoms with Crippen LogP contribution in [0, 0.1) is 0 Å². The van der Waals surface area contributed by atoms with Crippen molar-refractivity contribution < 1.29 is 9.47 Å². The van der Waals surface area contributed by atoms with Gasteiger partial charge >= 0.3 is 0 Å². The van der Waals surface area contributed by atoms with Crippen molar-refractivity contribution in [3.8, 4) is 0 Å². The third kappa shape index (κ3) is 2.70. The smallest absolute Gasteiger partial charge is 0.157 e. The second-order valence-electron chi connectivity index (χ2n) is 5.11. The average Bonchev–Trinajstić information content (AvgIpc) is 2.83. The van der Waals surface area contributed by atoms with Crippen LogP contribution in [0.2, 0.25) is 0 Å². The summed E-state index contributed by atoms with van der Waals surface area (Å²) >= 11 is 1.78. The van der Waals surface area contributed by atoms with E-state index >= 15 is 0 Å². The molecule has 0 aromatic carbocycles. The Labute approximate surface area is 101 Å². The molecule has 2 aliphatic rings. The van der Waals surface area contributed by atoms with Gasteiger partial charge in [0.25, 0.3) is 0 Å². The minimum absolute atomic E-state index is 0.163. The van der Waals surface area contributed by atoms with Crippen LogP contribution in [0.5, 0.6) is 0 Å². The highest BCUT2D eigenvalue weighted by atomic mass is 32.2. The molecule has 5 heteroatoms. The van der Waals surface area contributed by atoms with Crippen molar-refractivity contribution in [2.45, 2.75) is 31.4 Å². The van der Waals surface area contributed by atoms with Gasteiger partial charge in [-0.05, 0) is 13.8 Å². The molecule has 4 nitrogen and oxygen atoms in total. The summed E-state index contributed by atoms with van der Waals surface area (Å²) in [5.74, 6) is 1.07. The zero-order valence-corrected chi connectivity index (χ0v) is 11.0. The summed E-state index contributed by atoms with van der Waals surface area (Å²) in [7, 11) is 1.74. The molecule has 0 radical (unpaired) electrons. The molecule has 0 aromatic heterocycles. The number of aliphatic imine (C=N–C) groups is 1. The van der Waals surface area contributed by atoms with Gasteiger partial charge in [0.05, 0.1) is 13.2 Å². The van der Waals surface area contributed by atoms with Crippen LogP contribution in [0.25, 0.3) is 0 Å². The Bertz CT molecular complexity index is 286. The second-order valence-corrected chi connectivity index (χ2v) is 6.07. The van der Waals surface area contributed by atoms with Crippen LogP contribution in [0.4, 0.5) is 0 Å². The van der Waals surface area contributed by atoms with Crippen molar-refractivity contribution in [2.24, 2.45) is 4.99 Å². The van der Waals surface area contributed by atoms with Crippen LogP contribution < -0.4 is 5.32 Å². The van der Waals surface area contributed by atoms with E-state index in [-0.39, 0.29) is 11.1 Å². The number of thioether (sulfide) groups is 1. The normalized spacial score (nSPS) is 35.6.